The standard InChI is InChI=1S/C11H17/c1-6-11(4,5)9-7-8-10(2)3/h1,8H,2,7,9H2,3-5H3/q+1. The Labute approximate surface area is 70.7 Å². The third-order valence-corrected chi connectivity index (χ3v) is 1.65. The fourth-order valence-electron chi connectivity index (χ4n) is 0.752. The van der Waals surface area contributed by atoms with Gasteiger partial charge in [0, 0.05) is 24.8 Å². The molecule has 11 heavy (non-hydrogen) atoms. The molecule has 0 bridgehead atoms. The monoisotopic (exact) mass is 149 g/mol. The molecule has 0 saturated heterocycles. The molecule has 0 heterocycles. The second-order valence-electron chi connectivity index (χ2n) is 3.62. The van der Waals surface area contributed by atoms with Gasteiger partial charge in [-0.25, -0.2) is 0 Å². The molecule has 0 aliphatic carbocycles. The van der Waals surface area contributed by atoms with Crippen LogP contribution < -0.4 is 0 Å². The Morgan fingerprint density at radius 3 is 2.55 bits per heavy atom. The Balaban J connectivity index is 3.56. The lowest BCUT2D eigenvalue weighted by Gasteiger charge is -2.14. The molecule has 0 heteroatoms. The van der Waals surface area contributed by atoms with E-state index in [4.69, 9.17) is 6.42 Å². The molecular formula is C11H17+. The van der Waals surface area contributed by atoms with Crippen molar-refractivity contribution in [3.8, 4) is 12.3 Å². The predicted molar refractivity (Wildman–Crippen MR) is 51.0 cm³/mol. The van der Waals surface area contributed by atoms with E-state index in [1.54, 1.807) is 0 Å². The predicted octanol–water partition coefficient (Wildman–Crippen LogP) is 3.21. The maximum atomic E-state index is 5.34. The quantitative estimate of drug-likeness (QED) is 0.425. The maximum absolute atomic E-state index is 5.34. The summed E-state index contributed by atoms with van der Waals surface area (Å²) < 4.78 is 0. The zero-order chi connectivity index (χ0) is 8.91. The molecule has 0 saturated carbocycles. The van der Waals surface area contributed by atoms with Gasteiger partial charge in [-0.3, -0.25) is 0 Å². The van der Waals surface area contributed by atoms with E-state index in [9.17, 15) is 0 Å². The molecule has 0 atom stereocenters. The van der Waals surface area contributed by atoms with Crippen LogP contribution in [0.5, 0.6) is 0 Å². The van der Waals surface area contributed by atoms with E-state index in [2.05, 4.69) is 32.8 Å². The molecule has 0 fully saturated rings. The first-order valence-electron chi connectivity index (χ1n) is 3.94. The molecule has 0 aliphatic rings. The van der Waals surface area contributed by atoms with Crippen molar-refractivity contribution in [3.63, 3.8) is 0 Å². The lowest BCUT2D eigenvalue weighted by Crippen LogP contribution is -2.07. The molecule has 0 spiro atoms. The first-order chi connectivity index (χ1) is 4.98. The zero-order valence-electron chi connectivity index (χ0n) is 7.78. The van der Waals surface area contributed by atoms with Gasteiger partial charge >= 0.3 is 0 Å². The van der Waals surface area contributed by atoms with Gasteiger partial charge < -0.3 is 0 Å². The van der Waals surface area contributed by atoms with Crippen LogP contribution in [0.4, 0.5) is 0 Å². The molecule has 0 N–H and O–H groups in total. The van der Waals surface area contributed by atoms with Crippen LogP contribution in [0.3, 0.4) is 0 Å². The first-order valence-corrected chi connectivity index (χ1v) is 3.94. The van der Waals surface area contributed by atoms with Gasteiger partial charge in [-0.1, -0.05) is 0 Å². The van der Waals surface area contributed by atoms with Crippen molar-refractivity contribution in [1.82, 2.24) is 0 Å². The minimum absolute atomic E-state index is 0.0337. The van der Waals surface area contributed by atoms with Gasteiger partial charge in [0.15, 0.2) is 0 Å². The zero-order valence-corrected chi connectivity index (χ0v) is 7.78. The lowest BCUT2D eigenvalue weighted by atomic mass is 9.88. The number of hydrogen-bond acceptors (Lipinski definition) is 0. The highest BCUT2D eigenvalue weighted by atomic mass is 14.2. The Bertz CT molecular complexity index is 167. The van der Waals surface area contributed by atoms with E-state index in [1.165, 1.54) is 0 Å². The average Bonchev–Trinajstić information content (AvgIpc) is 1.87. The molecular weight excluding hydrogens is 132 g/mol. The second kappa shape index (κ2) is 4.13. The van der Waals surface area contributed by atoms with Crippen LogP contribution in [0, 0.1) is 24.2 Å². The van der Waals surface area contributed by atoms with Crippen LogP contribution in [0.15, 0.2) is 12.2 Å². The summed E-state index contributed by atoms with van der Waals surface area (Å²) in [5, 5.41) is 0. The Hall–Kier alpha value is -0.830. The first kappa shape index (κ1) is 10.2. The van der Waals surface area contributed by atoms with Gasteiger partial charge in [-0.05, 0) is 27.2 Å². The van der Waals surface area contributed by atoms with Crippen molar-refractivity contribution in [3.05, 3.63) is 18.6 Å². The molecule has 0 aromatic heterocycles. The van der Waals surface area contributed by atoms with Crippen LogP contribution in [0.25, 0.3) is 0 Å². The summed E-state index contributed by atoms with van der Waals surface area (Å²) in [5.41, 5.74) is 1.16. The van der Waals surface area contributed by atoms with E-state index >= 15 is 0 Å². The van der Waals surface area contributed by atoms with Gasteiger partial charge in [-0.15, -0.1) is 12.3 Å². The van der Waals surface area contributed by atoms with Crippen molar-refractivity contribution in [1.29, 1.82) is 0 Å². The number of terminal acetylenes is 1. The highest BCUT2D eigenvalue weighted by Gasteiger charge is 2.14. The molecule has 0 nitrogen and oxygen atoms in total. The third kappa shape index (κ3) is 5.61. The second-order valence-corrected chi connectivity index (χ2v) is 3.62. The van der Waals surface area contributed by atoms with Gasteiger partial charge in [-0.2, -0.15) is 0 Å². The molecule has 0 rings (SSSR count). The highest BCUT2D eigenvalue weighted by molar-refractivity contribution is 5.06. The molecule has 0 amide bonds. The van der Waals surface area contributed by atoms with E-state index in [-0.39, 0.29) is 5.41 Å². The third-order valence-electron chi connectivity index (χ3n) is 1.65. The largest absolute Gasteiger partial charge is 0.120 e. The minimum Gasteiger partial charge on any atom is -0.120 e. The summed E-state index contributed by atoms with van der Waals surface area (Å²) >= 11 is 0. The molecule has 0 radical (unpaired) electrons. The fraction of sp³-hybridized carbons (Fsp3) is 0.545. The fourth-order valence-corrected chi connectivity index (χ4v) is 0.752. The summed E-state index contributed by atoms with van der Waals surface area (Å²) in [7, 11) is 0. The Morgan fingerprint density at radius 1 is 1.64 bits per heavy atom. The van der Waals surface area contributed by atoms with Crippen molar-refractivity contribution in [2.24, 2.45) is 5.41 Å². The van der Waals surface area contributed by atoms with Gasteiger partial charge in [0.2, 0.25) is 0 Å². The lowest BCUT2D eigenvalue weighted by molar-refractivity contribution is 0.458. The van der Waals surface area contributed by atoms with E-state index in [0.717, 1.165) is 18.4 Å². The normalized spacial score (nSPS) is 10.4. The molecule has 0 aliphatic heterocycles. The van der Waals surface area contributed by atoms with Crippen molar-refractivity contribution in [2.75, 3.05) is 0 Å². The minimum atomic E-state index is 0.0337. The SMILES string of the molecule is C#CC(C)(C)CC[CH+]C(=C)C. The number of hydrogen-bond donors (Lipinski definition) is 0. The summed E-state index contributed by atoms with van der Waals surface area (Å²) in [6.45, 7) is 9.96. The smallest absolute Gasteiger partial charge is 0.0961 e. The topological polar surface area (TPSA) is 0 Å². The molecule has 0 aromatic rings. The Kier molecular flexibility index (Phi) is 3.82. The van der Waals surface area contributed by atoms with Gasteiger partial charge in [0.05, 0.1) is 5.57 Å². The summed E-state index contributed by atoms with van der Waals surface area (Å²) in [5.74, 6) is 2.77. The Morgan fingerprint density at radius 2 is 2.18 bits per heavy atom. The van der Waals surface area contributed by atoms with Gasteiger partial charge in [0.1, 0.15) is 0 Å². The van der Waals surface area contributed by atoms with Crippen LogP contribution in [-0.2, 0) is 0 Å². The van der Waals surface area contributed by atoms with Gasteiger partial charge in [0.25, 0.3) is 0 Å². The summed E-state index contributed by atoms with van der Waals surface area (Å²) in [6, 6.07) is 0. The number of rotatable bonds is 4. The van der Waals surface area contributed by atoms with E-state index in [1.807, 2.05) is 6.92 Å². The summed E-state index contributed by atoms with van der Waals surface area (Å²) in [4.78, 5) is 0. The highest BCUT2D eigenvalue weighted by Crippen LogP contribution is 2.22. The van der Waals surface area contributed by atoms with Crippen molar-refractivity contribution < 1.29 is 0 Å². The number of allylic oxidation sites excluding steroid dienone is 1. The van der Waals surface area contributed by atoms with E-state index in [0.29, 0.717) is 0 Å². The van der Waals surface area contributed by atoms with Crippen LogP contribution in [0.2, 0.25) is 0 Å². The van der Waals surface area contributed by atoms with Crippen molar-refractivity contribution in [2.45, 2.75) is 33.6 Å². The van der Waals surface area contributed by atoms with Crippen molar-refractivity contribution >= 4 is 0 Å². The van der Waals surface area contributed by atoms with E-state index < -0.39 is 0 Å². The summed E-state index contributed by atoms with van der Waals surface area (Å²) in [6.07, 6.45) is 9.53. The van der Waals surface area contributed by atoms with Crippen LogP contribution >= 0.6 is 0 Å². The average molecular weight is 149 g/mol. The van der Waals surface area contributed by atoms with Crippen LogP contribution in [-0.4, -0.2) is 0 Å². The van der Waals surface area contributed by atoms with Crippen LogP contribution in [0.1, 0.15) is 33.6 Å². The molecule has 0 aromatic carbocycles. The molecule has 0 unspecified atom stereocenters. The maximum Gasteiger partial charge on any atom is 0.0961 e. The molecule has 60 valence electrons.